The Bertz CT molecular complexity index is 3440. The molecule has 0 saturated heterocycles. The number of hydrogen-bond donors (Lipinski definition) is 0. The van der Waals surface area contributed by atoms with E-state index in [1.807, 2.05) is 36.7 Å². The van der Waals surface area contributed by atoms with Gasteiger partial charge in [0.1, 0.15) is 10.1 Å². The number of fused-ring (bicyclic) bond motifs is 3. The maximum atomic E-state index is 4.68. The van der Waals surface area contributed by atoms with Crippen LogP contribution in [0.5, 0.6) is 0 Å². The molecule has 0 atom stereocenters. The van der Waals surface area contributed by atoms with Crippen LogP contribution in [0.2, 0.25) is 0 Å². The number of nitrogens with zero attached hydrogens (tertiary/aromatic N) is 7. The molecule has 0 radical (unpaired) electrons. The van der Waals surface area contributed by atoms with Crippen molar-refractivity contribution < 1.29 is 0 Å². The van der Waals surface area contributed by atoms with Crippen LogP contribution in [0.4, 0.5) is 0 Å². The van der Waals surface area contributed by atoms with E-state index in [1.54, 1.807) is 23.5 Å². The summed E-state index contributed by atoms with van der Waals surface area (Å²) >= 11 is 3.32. The summed E-state index contributed by atoms with van der Waals surface area (Å²) in [4.78, 5) is 11.5. The van der Waals surface area contributed by atoms with Crippen molar-refractivity contribution in [2.24, 2.45) is 0 Å². The molecular weight excluding hydrogens is 907 g/mol. The molecule has 0 saturated carbocycles. The summed E-state index contributed by atoms with van der Waals surface area (Å²) in [6.45, 7) is 0. The Labute approximate surface area is 420 Å². The highest BCUT2D eigenvalue weighted by molar-refractivity contribution is 7.99. The molecule has 12 aromatic rings. The van der Waals surface area contributed by atoms with Crippen molar-refractivity contribution >= 4 is 45.3 Å². The first-order valence-corrected chi connectivity index (χ1v) is 25.0. The zero-order valence-corrected chi connectivity index (χ0v) is 39.9. The fourth-order valence-electron chi connectivity index (χ4n) is 10.4. The molecule has 0 aliphatic heterocycles. The summed E-state index contributed by atoms with van der Waals surface area (Å²) in [5.74, 6) is 0.374. The molecule has 12 rings (SSSR count). The molecule has 4 heterocycles. The molecule has 0 aliphatic rings. The summed E-state index contributed by atoms with van der Waals surface area (Å²) in [5.41, 5.74) is 9.28. The third-order valence-electron chi connectivity index (χ3n) is 13.3. The van der Waals surface area contributed by atoms with E-state index in [2.05, 4.69) is 253 Å². The first-order chi connectivity index (χ1) is 35.2. The Morgan fingerprint density at radius 1 is 0.324 bits per heavy atom. The highest BCUT2D eigenvalue weighted by Gasteiger charge is 2.41. The second kappa shape index (κ2) is 19.1. The Morgan fingerprint density at radius 2 is 0.690 bits per heavy atom. The van der Waals surface area contributed by atoms with Gasteiger partial charge in [0.15, 0.2) is 6.33 Å². The molecule has 0 fully saturated rings. The van der Waals surface area contributed by atoms with Gasteiger partial charge in [0, 0.05) is 33.0 Å². The maximum absolute atomic E-state index is 4.68. The van der Waals surface area contributed by atoms with Gasteiger partial charge in [-0.2, -0.15) is 0 Å². The fraction of sp³-hybridized carbons (Fsp3) is 0.0323. The second-order valence-electron chi connectivity index (χ2n) is 17.2. The lowest BCUT2D eigenvalue weighted by Crippen LogP contribution is -2.31. The number of hydrogen-bond acceptors (Lipinski definition) is 8. The Kier molecular flexibility index (Phi) is 11.8. The minimum absolute atomic E-state index is 0.374. The predicted molar refractivity (Wildman–Crippen MR) is 285 cm³/mol. The van der Waals surface area contributed by atoms with Crippen LogP contribution < -0.4 is 0 Å². The molecule has 0 N–H and O–H groups in total. The lowest BCUT2D eigenvalue weighted by atomic mass is 9.65. The minimum atomic E-state index is -0.758. The molecule has 0 bridgehead atoms. The number of pyridine rings is 2. The van der Waals surface area contributed by atoms with Gasteiger partial charge in [0.05, 0.1) is 21.9 Å². The van der Waals surface area contributed by atoms with E-state index in [0.717, 1.165) is 86.2 Å². The van der Waals surface area contributed by atoms with Crippen LogP contribution in [0.15, 0.2) is 281 Å². The van der Waals surface area contributed by atoms with Crippen LogP contribution in [0.3, 0.4) is 0 Å². The summed E-state index contributed by atoms with van der Waals surface area (Å²) in [5, 5.41) is 22.0. The van der Waals surface area contributed by atoms with Gasteiger partial charge >= 0.3 is 0 Å². The third kappa shape index (κ3) is 7.95. The number of benzene rings is 8. The standard InChI is InChI=1S/C62H43N7S2/c1-5-19-44(20-6-1)61(45-21-7-2-8-22-45,48-27-17-29-52(39-48)70-58-31-13-15-37-63-58)50-33-35-54-55-36-34-51(42-57(55)69(56(54)41-50)60-67-65-43-66-68-60)62(46-23-9-3-10-24-46,47-25-11-4-12-26-47)49-28-18-30-53(40-49)71-59-32-14-16-38-64-59/h1-43H. The highest BCUT2D eigenvalue weighted by Crippen LogP contribution is 2.50. The minimum Gasteiger partial charge on any atom is -0.275 e. The monoisotopic (exact) mass is 949 g/mol. The topological polar surface area (TPSA) is 82.3 Å². The van der Waals surface area contributed by atoms with Crippen LogP contribution in [0, 0.1) is 0 Å². The van der Waals surface area contributed by atoms with E-state index in [4.69, 9.17) is 0 Å². The van der Waals surface area contributed by atoms with Crippen LogP contribution >= 0.6 is 23.5 Å². The molecule has 8 aromatic carbocycles. The molecule has 0 amide bonds. The van der Waals surface area contributed by atoms with Crippen molar-refractivity contribution in [3.63, 3.8) is 0 Å². The van der Waals surface area contributed by atoms with Gasteiger partial charge in [-0.25, -0.2) is 9.97 Å². The van der Waals surface area contributed by atoms with Crippen LogP contribution in [-0.2, 0) is 10.8 Å². The van der Waals surface area contributed by atoms with Gasteiger partial charge in [-0.1, -0.05) is 206 Å². The molecule has 7 nitrogen and oxygen atoms in total. The lowest BCUT2D eigenvalue weighted by Gasteiger charge is -2.37. The molecule has 0 aliphatic carbocycles. The van der Waals surface area contributed by atoms with E-state index in [1.165, 1.54) is 6.33 Å². The number of aromatic nitrogens is 7. The zero-order chi connectivity index (χ0) is 47.5. The van der Waals surface area contributed by atoms with Crippen LogP contribution in [0.1, 0.15) is 44.5 Å². The highest BCUT2D eigenvalue weighted by atomic mass is 32.2. The van der Waals surface area contributed by atoms with Gasteiger partial charge < -0.3 is 0 Å². The van der Waals surface area contributed by atoms with E-state index in [-0.39, 0.29) is 0 Å². The molecule has 338 valence electrons. The van der Waals surface area contributed by atoms with Gasteiger partial charge in [0.25, 0.3) is 5.95 Å². The summed E-state index contributed by atoms with van der Waals surface area (Å²) in [6.07, 6.45) is 5.06. The van der Waals surface area contributed by atoms with Crippen molar-refractivity contribution in [2.75, 3.05) is 0 Å². The van der Waals surface area contributed by atoms with Crippen molar-refractivity contribution in [1.82, 2.24) is 34.9 Å². The first-order valence-electron chi connectivity index (χ1n) is 23.4. The first kappa shape index (κ1) is 43.8. The second-order valence-corrected chi connectivity index (χ2v) is 19.4. The average molecular weight is 950 g/mol. The van der Waals surface area contributed by atoms with Gasteiger partial charge in [-0.05, 0) is 105 Å². The van der Waals surface area contributed by atoms with E-state index < -0.39 is 10.8 Å². The molecule has 0 spiro atoms. The zero-order valence-electron chi connectivity index (χ0n) is 38.3. The molecule has 0 unspecified atom stereocenters. The van der Waals surface area contributed by atoms with Gasteiger partial charge in [0.2, 0.25) is 0 Å². The van der Waals surface area contributed by atoms with Crippen molar-refractivity contribution in [3.8, 4) is 5.95 Å². The summed E-state index contributed by atoms with van der Waals surface area (Å²) in [6, 6.07) is 86.9. The molecular formula is C62H43N7S2. The van der Waals surface area contributed by atoms with E-state index >= 15 is 0 Å². The maximum Gasteiger partial charge on any atom is 0.273 e. The Balaban J connectivity index is 1.13. The number of rotatable bonds is 13. The Morgan fingerprint density at radius 3 is 1.07 bits per heavy atom. The van der Waals surface area contributed by atoms with Gasteiger partial charge in [-0.15, -0.1) is 20.4 Å². The summed E-state index contributed by atoms with van der Waals surface area (Å²) < 4.78 is 2.14. The molecule has 71 heavy (non-hydrogen) atoms. The largest absolute Gasteiger partial charge is 0.275 e. The smallest absolute Gasteiger partial charge is 0.273 e. The lowest BCUT2D eigenvalue weighted by molar-refractivity contribution is 0.741. The quantitative estimate of drug-likeness (QED) is 0.106. The molecule has 9 heteroatoms. The van der Waals surface area contributed by atoms with E-state index in [9.17, 15) is 0 Å². The van der Waals surface area contributed by atoms with Crippen molar-refractivity contribution in [1.29, 1.82) is 0 Å². The predicted octanol–water partition coefficient (Wildman–Crippen LogP) is 14.2. The van der Waals surface area contributed by atoms with Crippen molar-refractivity contribution in [3.05, 3.63) is 306 Å². The fourth-order valence-corrected chi connectivity index (χ4v) is 12.1. The molecule has 4 aromatic heterocycles. The van der Waals surface area contributed by atoms with Crippen LogP contribution in [-0.4, -0.2) is 34.9 Å². The normalized spacial score (nSPS) is 11.8. The third-order valence-corrected chi connectivity index (χ3v) is 15.2. The SMILES string of the molecule is c1ccc(C(c2ccccc2)(c2cccc(Sc3ccccn3)c2)c2ccc3c4ccc(C(c5ccccc5)(c5ccccc5)c5cccc(Sc6ccccn6)c5)cc4n(-c4nncnn4)c3c2)cc1. The Hall–Kier alpha value is -8.50. The van der Waals surface area contributed by atoms with Crippen LogP contribution in [0.25, 0.3) is 27.8 Å². The van der Waals surface area contributed by atoms with Gasteiger partial charge in [-0.3, -0.25) is 4.57 Å². The summed E-state index contributed by atoms with van der Waals surface area (Å²) in [7, 11) is 0. The van der Waals surface area contributed by atoms with E-state index in [0.29, 0.717) is 5.95 Å². The van der Waals surface area contributed by atoms with Crippen molar-refractivity contribution in [2.45, 2.75) is 30.7 Å². The average Bonchev–Trinajstić information content (AvgIpc) is 3.77.